The van der Waals surface area contributed by atoms with Crippen molar-refractivity contribution in [2.24, 2.45) is 11.8 Å². The fourth-order valence-corrected chi connectivity index (χ4v) is 2.48. The quantitative estimate of drug-likeness (QED) is 0.714. The van der Waals surface area contributed by atoms with Crippen molar-refractivity contribution in [1.82, 2.24) is 0 Å². The molecule has 4 heteroatoms. The molecule has 15 heavy (non-hydrogen) atoms. The van der Waals surface area contributed by atoms with Gasteiger partial charge >= 0.3 is 5.97 Å². The van der Waals surface area contributed by atoms with Crippen LogP contribution in [0.4, 0.5) is 0 Å². The highest BCUT2D eigenvalue weighted by Crippen LogP contribution is 2.41. The summed E-state index contributed by atoms with van der Waals surface area (Å²) in [6.07, 6.45) is 1.80. The van der Waals surface area contributed by atoms with E-state index in [9.17, 15) is 9.90 Å². The Kier molecular flexibility index (Phi) is 2.98. The second-order valence-electron chi connectivity index (χ2n) is 4.47. The van der Waals surface area contributed by atoms with Gasteiger partial charge in [0.25, 0.3) is 0 Å². The molecule has 0 amide bonds. The van der Waals surface area contributed by atoms with Gasteiger partial charge in [0.05, 0.1) is 17.9 Å². The number of unbranched alkanes of at least 4 members (excludes halogenated alkanes) is 1. The molecule has 1 unspecified atom stereocenters. The molecule has 2 aliphatic rings. The van der Waals surface area contributed by atoms with E-state index in [1.165, 1.54) is 0 Å². The maximum Gasteiger partial charge on any atom is 0.309 e. The Balaban J connectivity index is 2.04. The molecule has 0 radical (unpaired) electrons. The smallest absolute Gasteiger partial charge is 0.309 e. The summed E-state index contributed by atoms with van der Waals surface area (Å²) >= 11 is 0. The van der Waals surface area contributed by atoms with Crippen molar-refractivity contribution in [3.05, 3.63) is 0 Å². The maximum absolute atomic E-state index is 11.4. The SMILES string of the molecule is CCCC[C@@H]1OC(O)[C@H]2[C@@H]1OC(=O)[C@H]2C. The van der Waals surface area contributed by atoms with Crippen LogP contribution in [0.1, 0.15) is 33.1 Å². The summed E-state index contributed by atoms with van der Waals surface area (Å²) in [5.41, 5.74) is 0. The third-order valence-corrected chi connectivity index (χ3v) is 3.43. The highest BCUT2D eigenvalue weighted by atomic mass is 16.7. The topological polar surface area (TPSA) is 55.8 Å². The first kappa shape index (κ1) is 10.9. The first-order valence-corrected chi connectivity index (χ1v) is 5.69. The molecule has 4 nitrogen and oxygen atoms in total. The zero-order valence-electron chi connectivity index (χ0n) is 9.18. The van der Waals surface area contributed by atoms with Crippen molar-refractivity contribution in [2.45, 2.75) is 51.6 Å². The van der Waals surface area contributed by atoms with E-state index in [1.807, 2.05) is 0 Å². The summed E-state index contributed by atoms with van der Waals surface area (Å²) in [6.45, 7) is 3.90. The second-order valence-corrected chi connectivity index (χ2v) is 4.47. The number of esters is 1. The van der Waals surface area contributed by atoms with Crippen LogP contribution in [0.5, 0.6) is 0 Å². The van der Waals surface area contributed by atoms with Gasteiger partial charge in [-0.25, -0.2) is 0 Å². The molecule has 86 valence electrons. The predicted molar refractivity (Wildman–Crippen MR) is 52.9 cm³/mol. The van der Waals surface area contributed by atoms with Crippen molar-refractivity contribution in [3.63, 3.8) is 0 Å². The van der Waals surface area contributed by atoms with Crippen molar-refractivity contribution in [2.75, 3.05) is 0 Å². The highest BCUT2D eigenvalue weighted by molar-refractivity contribution is 5.75. The second kappa shape index (κ2) is 4.10. The minimum atomic E-state index is -0.835. The molecule has 2 fully saturated rings. The van der Waals surface area contributed by atoms with Crippen molar-refractivity contribution in [1.29, 1.82) is 0 Å². The van der Waals surface area contributed by atoms with Crippen LogP contribution in [0.25, 0.3) is 0 Å². The number of hydrogen-bond acceptors (Lipinski definition) is 4. The number of carbonyl (C=O) groups excluding carboxylic acids is 1. The molecule has 0 spiro atoms. The van der Waals surface area contributed by atoms with E-state index in [1.54, 1.807) is 6.92 Å². The average Bonchev–Trinajstić information content (AvgIpc) is 2.65. The molecule has 0 aromatic carbocycles. The van der Waals surface area contributed by atoms with Crippen molar-refractivity contribution in [3.8, 4) is 0 Å². The van der Waals surface area contributed by atoms with Gasteiger partial charge in [0.1, 0.15) is 6.10 Å². The zero-order valence-corrected chi connectivity index (χ0v) is 9.18. The van der Waals surface area contributed by atoms with Crippen LogP contribution >= 0.6 is 0 Å². The van der Waals surface area contributed by atoms with Crippen LogP contribution in [0.2, 0.25) is 0 Å². The van der Waals surface area contributed by atoms with Crippen LogP contribution in [-0.4, -0.2) is 29.6 Å². The van der Waals surface area contributed by atoms with Gasteiger partial charge in [-0.05, 0) is 6.42 Å². The van der Waals surface area contributed by atoms with Crippen molar-refractivity contribution >= 4 is 5.97 Å². The van der Waals surface area contributed by atoms with E-state index in [0.29, 0.717) is 0 Å². The Hall–Kier alpha value is -0.610. The minimum absolute atomic E-state index is 0.112. The molecule has 2 heterocycles. The summed E-state index contributed by atoms with van der Waals surface area (Å²) < 4.78 is 10.7. The molecule has 1 N–H and O–H groups in total. The van der Waals surface area contributed by atoms with Gasteiger partial charge in [0.2, 0.25) is 0 Å². The molecule has 0 aromatic rings. The third-order valence-electron chi connectivity index (χ3n) is 3.43. The minimum Gasteiger partial charge on any atom is -0.459 e. The Morgan fingerprint density at radius 1 is 1.47 bits per heavy atom. The Morgan fingerprint density at radius 2 is 2.20 bits per heavy atom. The van der Waals surface area contributed by atoms with E-state index >= 15 is 0 Å². The zero-order chi connectivity index (χ0) is 11.0. The lowest BCUT2D eigenvalue weighted by Gasteiger charge is -2.15. The van der Waals surface area contributed by atoms with Gasteiger partial charge in [-0.1, -0.05) is 26.7 Å². The van der Waals surface area contributed by atoms with Crippen LogP contribution < -0.4 is 0 Å². The maximum atomic E-state index is 11.4. The molecule has 2 aliphatic heterocycles. The van der Waals surface area contributed by atoms with Crippen LogP contribution in [-0.2, 0) is 14.3 Å². The molecule has 2 rings (SSSR count). The number of fused-ring (bicyclic) bond motifs is 1. The number of hydrogen-bond donors (Lipinski definition) is 1. The molecule has 0 aliphatic carbocycles. The Labute approximate surface area is 89.6 Å². The predicted octanol–water partition coefficient (Wildman–Crippen LogP) is 1.07. The molecule has 5 atom stereocenters. The lowest BCUT2D eigenvalue weighted by atomic mass is 9.90. The normalized spacial score (nSPS) is 44.2. The number of rotatable bonds is 3. The summed E-state index contributed by atoms with van der Waals surface area (Å²) in [7, 11) is 0. The molecule has 0 bridgehead atoms. The number of aliphatic hydroxyl groups is 1. The van der Waals surface area contributed by atoms with Gasteiger partial charge < -0.3 is 14.6 Å². The van der Waals surface area contributed by atoms with E-state index < -0.39 is 6.29 Å². The van der Waals surface area contributed by atoms with Gasteiger partial charge in [-0.3, -0.25) is 4.79 Å². The number of aliphatic hydroxyl groups excluding tert-OH is 1. The van der Waals surface area contributed by atoms with Crippen LogP contribution in [0.15, 0.2) is 0 Å². The monoisotopic (exact) mass is 214 g/mol. The third kappa shape index (κ3) is 1.76. The average molecular weight is 214 g/mol. The molecule has 2 saturated heterocycles. The fourth-order valence-electron chi connectivity index (χ4n) is 2.48. The van der Waals surface area contributed by atoms with E-state index in [-0.39, 0.29) is 30.0 Å². The first-order chi connectivity index (χ1) is 7.15. The van der Waals surface area contributed by atoms with E-state index in [0.717, 1.165) is 19.3 Å². The summed E-state index contributed by atoms with van der Waals surface area (Å²) in [6, 6.07) is 0. The largest absolute Gasteiger partial charge is 0.459 e. The summed E-state index contributed by atoms with van der Waals surface area (Å²) in [4.78, 5) is 11.4. The van der Waals surface area contributed by atoms with Gasteiger partial charge in [0.15, 0.2) is 6.29 Å². The van der Waals surface area contributed by atoms with Crippen molar-refractivity contribution < 1.29 is 19.4 Å². The molecule has 0 aromatic heterocycles. The Morgan fingerprint density at radius 3 is 2.87 bits per heavy atom. The van der Waals surface area contributed by atoms with Gasteiger partial charge in [-0.2, -0.15) is 0 Å². The van der Waals surface area contributed by atoms with Gasteiger partial charge in [0, 0.05) is 0 Å². The number of carbonyl (C=O) groups is 1. The molecule has 0 saturated carbocycles. The molecular weight excluding hydrogens is 196 g/mol. The number of ether oxygens (including phenoxy) is 2. The molecular formula is C11H18O4. The summed E-state index contributed by atoms with van der Waals surface area (Å²) in [5.74, 6) is -0.607. The Bertz CT molecular complexity index is 253. The standard InChI is InChI=1S/C11H18O4/c1-3-4-5-7-9-8(11(13)14-7)6(2)10(12)15-9/h6-9,11,13H,3-5H2,1-2H3/t6-,7-,8+,9+,11?/m0/s1. The highest BCUT2D eigenvalue weighted by Gasteiger charge is 2.55. The van der Waals surface area contributed by atoms with E-state index in [4.69, 9.17) is 9.47 Å². The van der Waals surface area contributed by atoms with E-state index in [2.05, 4.69) is 6.92 Å². The van der Waals surface area contributed by atoms with Gasteiger partial charge in [-0.15, -0.1) is 0 Å². The summed E-state index contributed by atoms with van der Waals surface area (Å²) in [5, 5.41) is 9.70. The lowest BCUT2D eigenvalue weighted by Crippen LogP contribution is -2.26. The van der Waals surface area contributed by atoms with Crippen LogP contribution in [0, 0.1) is 11.8 Å². The fraction of sp³-hybridized carbons (Fsp3) is 0.909. The van der Waals surface area contributed by atoms with Crippen LogP contribution in [0.3, 0.4) is 0 Å². The first-order valence-electron chi connectivity index (χ1n) is 5.69. The lowest BCUT2D eigenvalue weighted by molar-refractivity contribution is -0.156.